The molecule has 0 saturated heterocycles. The highest BCUT2D eigenvalue weighted by molar-refractivity contribution is 6.04. The molecule has 142 valence electrons. The Hall–Kier alpha value is -3.48. The van der Waals surface area contributed by atoms with Gasteiger partial charge in [0, 0.05) is 11.6 Å². The first-order valence-corrected chi connectivity index (χ1v) is 9.38. The molecule has 2 heterocycles. The second kappa shape index (κ2) is 8.04. The second-order valence-corrected chi connectivity index (χ2v) is 6.86. The van der Waals surface area contributed by atoms with Crippen LogP contribution in [0.1, 0.15) is 36.0 Å². The number of benzene rings is 1. The molecule has 3 aromatic rings. The lowest BCUT2D eigenvalue weighted by Gasteiger charge is -2.13. The Bertz CT molecular complexity index is 1000. The van der Waals surface area contributed by atoms with Crippen LogP contribution in [-0.2, 0) is 0 Å². The maximum absolute atomic E-state index is 12.3. The Balaban J connectivity index is 1.47. The molecule has 7 nitrogen and oxygen atoms in total. The van der Waals surface area contributed by atoms with Gasteiger partial charge in [-0.15, -0.1) is 0 Å². The van der Waals surface area contributed by atoms with Gasteiger partial charge in [0.05, 0.1) is 22.9 Å². The monoisotopic (exact) mass is 375 g/mol. The Labute approximate surface area is 162 Å². The van der Waals surface area contributed by atoms with Crippen LogP contribution >= 0.6 is 0 Å². The molecule has 4 rings (SSSR count). The number of hydrogen-bond donors (Lipinski definition) is 3. The standard InChI is InChI=1S/C21H21N5O2/c27-20(14-6-2-1-3-7-14)23-16-12-18-17(22-13-16)10-11-19(25-18)26-21(28)24-15-8-4-5-9-15/h1-3,6-7,10-13,15H,4-5,8-9H2,(H,23,27)(H2,24,25,26,28). The van der Waals surface area contributed by atoms with Crippen molar-refractivity contribution < 1.29 is 9.59 Å². The Morgan fingerprint density at radius 3 is 2.50 bits per heavy atom. The summed E-state index contributed by atoms with van der Waals surface area (Å²) in [6.45, 7) is 0. The summed E-state index contributed by atoms with van der Waals surface area (Å²) in [7, 11) is 0. The van der Waals surface area contributed by atoms with Crippen molar-refractivity contribution >= 4 is 34.5 Å². The second-order valence-electron chi connectivity index (χ2n) is 6.86. The summed E-state index contributed by atoms with van der Waals surface area (Å²) in [5.41, 5.74) is 2.37. The summed E-state index contributed by atoms with van der Waals surface area (Å²) in [5.74, 6) is 0.225. The fourth-order valence-electron chi connectivity index (χ4n) is 3.35. The minimum atomic E-state index is -0.250. The van der Waals surface area contributed by atoms with Gasteiger partial charge < -0.3 is 10.6 Å². The van der Waals surface area contributed by atoms with Crippen LogP contribution in [0.4, 0.5) is 16.3 Å². The van der Waals surface area contributed by atoms with Crippen molar-refractivity contribution in [1.29, 1.82) is 0 Å². The van der Waals surface area contributed by atoms with Crippen LogP contribution in [0.2, 0.25) is 0 Å². The number of fused-ring (bicyclic) bond motifs is 1. The topological polar surface area (TPSA) is 96.0 Å². The minimum absolute atomic E-state index is 0.216. The lowest BCUT2D eigenvalue weighted by atomic mass is 10.2. The molecule has 1 fully saturated rings. The zero-order chi connectivity index (χ0) is 19.3. The number of nitrogens with zero attached hydrogens (tertiary/aromatic N) is 2. The number of carbonyl (C=O) groups is 2. The highest BCUT2D eigenvalue weighted by Crippen LogP contribution is 2.19. The van der Waals surface area contributed by atoms with Gasteiger partial charge in [-0.3, -0.25) is 15.1 Å². The van der Waals surface area contributed by atoms with Crippen molar-refractivity contribution in [1.82, 2.24) is 15.3 Å². The fraction of sp³-hybridized carbons (Fsp3) is 0.238. The number of aromatic nitrogens is 2. The van der Waals surface area contributed by atoms with E-state index < -0.39 is 0 Å². The summed E-state index contributed by atoms with van der Waals surface area (Å²) in [6.07, 6.45) is 5.94. The smallest absolute Gasteiger partial charge is 0.320 e. The van der Waals surface area contributed by atoms with Gasteiger partial charge in [0.2, 0.25) is 0 Å². The SMILES string of the molecule is O=C(Nc1ccc2ncc(NC(=O)c3ccccc3)cc2n1)NC1CCCC1. The molecule has 0 bridgehead atoms. The van der Waals surface area contributed by atoms with Gasteiger partial charge >= 0.3 is 6.03 Å². The summed E-state index contributed by atoms with van der Waals surface area (Å²) in [6, 6.07) is 14.2. The zero-order valence-electron chi connectivity index (χ0n) is 15.3. The number of anilines is 2. The third-order valence-electron chi connectivity index (χ3n) is 4.76. The number of urea groups is 1. The van der Waals surface area contributed by atoms with E-state index in [-0.39, 0.29) is 18.0 Å². The molecular formula is C21H21N5O2. The molecule has 3 amide bonds. The molecule has 0 radical (unpaired) electrons. The van der Waals surface area contributed by atoms with Crippen molar-refractivity contribution in [3.05, 3.63) is 60.3 Å². The minimum Gasteiger partial charge on any atom is -0.335 e. The lowest BCUT2D eigenvalue weighted by molar-refractivity contribution is 0.102. The van der Waals surface area contributed by atoms with E-state index >= 15 is 0 Å². The van der Waals surface area contributed by atoms with E-state index in [0.717, 1.165) is 25.7 Å². The van der Waals surface area contributed by atoms with Crippen molar-refractivity contribution in [3.63, 3.8) is 0 Å². The van der Waals surface area contributed by atoms with E-state index in [1.54, 1.807) is 36.5 Å². The van der Waals surface area contributed by atoms with Gasteiger partial charge in [-0.05, 0) is 43.2 Å². The fourth-order valence-corrected chi connectivity index (χ4v) is 3.35. The molecule has 0 spiro atoms. The summed E-state index contributed by atoms with van der Waals surface area (Å²) in [5, 5.41) is 8.56. The van der Waals surface area contributed by atoms with Gasteiger partial charge in [0.25, 0.3) is 5.91 Å². The largest absolute Gasteiger partial charge is 0.335 e. The van der Waals surface area contributed by atoms with Crippen LogP contribution < -0.4 is 16.0 Å². The first-order chi connectivity index (χ1) is 13.7. The highest BCUT2D eigenvalue weighted by Gasteiger charge is 2.17. The van der Waals surface area contributed by atoms with Crippen molar-refractivity contribution in [3.8, 4) is 0 Å². The molecule has 1 saturated carbocycles. The number of rotatable bonds is 4. The molecular weight excluding hydrogens is 354 g/mol. The number of hydrogen-bond acceptors (Lipinski definition) is 4. The highest BCUT2D eigenvalue weighted by atomic mass is 16.2. The molecule has 28 heavy (non-hydrogen) atoms. The molecule has 0 aliphatic heterocycles. The average molecular weight is 375 g/mol. The molecule has 7 heteroatoms. The molecule has 0 unspecified atom stereocenters. The maximum Gasteiger partial charge on any atom is 0.320 e. The molecule has 0 atom stereocenters. The van der Waals surface area contributed by atoms with E-state index in [9.17, 15) is 9.59 Å². The summed E-state index contributed by atoms with van der Waals surface area (Å²) in [4.78, 5) is 33.2. The number of carbonyl (C=O) groups excluding carboxylic acids is 2. The van der Waals surface area contributed by atoms with Gasteiger partial charge in [-0.2, -0.15) is 0 Å². The van der Waals surface area contributed by atoms with Crippen molar-refractivity contribution in [2.24, 2.45) is 0 Å². The average Bonchev–Trinajstić information content (AvgIpc) is 3.21. The Morgan fingerprint density at radius 2 is 1.71 bits per heavy atom. The van der Waals surface area contributed by atoms with Crippen molar-refractivity contribution in [2.75, 3.05) is 10.6 Å². The number of nitrogens with one attached hydrogen (secondary N) is 3. The van der Waals surface area contributed by atoms with Gasteiger partial charge in [-0.25, -0.2) is 9.78 Å². The van der Waals surface area contributed by atoms with Crippen LogP contribution in [0.15, 0.2) is 54.7 Å². The molecule has 2 aromatic heterocycles. The third kappa shape index (κ3) is 4.25. The molecule has 3 N–H and O–H groups in total. The quantitative estimate of drug-likeness (QED) is 0.643. The van der Waals surface area contributed by atoms with E-state index in [2.05, 4.69) is 25.9 Å². The van der Waals surface area contributed by atoms with Crippen LogP contribution in [0.25, 0.3) is 11.0 Å². The summed E-state index contributed by atoms with van der Waals surface area (Å²) < 4.78 is 0. The molecule has 1 aromatic carbocycles. The van der Waals surface area contributed by atoms with E-state index in [4.69, 9.17) is 0 Å². The van der Waals surface area contributed by atoms with Gasteiger partial charge in [0.15, 0.2) is 0 Å². The van der Waals surface area contributed by atoms with E-state index in [1.165, 1.54) is 0 Å². The predicted octanol–water partition coefficient (Wildman–Crippen LogP) is 3.95. The first-order valence-electron chi connectivity index (χ1n) is 9.38. The van der Waals surface area contributed by atoms with Gasteiger partial charge in [0.1, 0.15) is 5.82 Å². The van der Waals surface area contributed by atoms with E-state index in [1.807, 2.05) is 18.2 Å². The Morgan fingerprint density at radius 1 is 0.929 bits per heavy atom. The molecule has 1 aliphatic rings. The molecule has 1 aliphatic carbocycles. The predicted molar refractivity (Wildman–Crippen MR) is 108 cm³/mol. The number of pyridine rings is 2. The maximum atomic E-state index is 12.3. The van der Waals surface area contributed by atoms with E-state index in [0.29, 0.717) is 28.1 Å². The van der Waals surface area contributed by atoms with Crippen LogP contribution in [0, 0.1) is 0 Å². The third-order valence-corrected chi connectivity index (χ3v) is 4.76. The normalized spacial score (nSPS) is 14.0. The summed E-state index contributed by atoms with van der Waals surface area (Å²) >= 11 is 0. The van der Waals surface area contributed by atoms with Crippen LogP contribution in [0.5, 0.6) is 0 Å². The number of amides is 3. The first kappa shape index (κ1) is 17.9. The zero-order valence-corrected chi connectivity index (χ0v) is 15.3. The lowest BCUT2D eigenvalue weighted by Crippen LogP contribution is -2.36. The van der Waals surface area contributed by atoms with Gasteiger partial charge in [-0.1, -0.05) is 31.0 Å². The van der Waals surface area contributed by atoms with Crippen LogP contribution in [-0.4, -0.2) is 27.9 Å². The van der Waals surface area contributed by atoms with Crippen molar-refractivity contribution in [2.45, 2.75) is 31.7 Å². The van der Waals surface area contributed by atoms with Crippen LogP contribution in [0.3, 0.4) is 0 Å². The Kier molecular flexibility index (Phi) is 5.14.